The molecule has 1 fully saturated rings. The van der Waals surface area contributed by atoms with E-state index >= 15 is 0 Å². The molecule has 1 saturated heterocycles. The van der Waals surface area contributed by atoms with Crippen molar-refractivity contribution in [2.75, 3.05) is 41.0 Å². The van der Waals surface area contributed by atoms with Crippen LogP contribution >= 0.6 is 0 Å². The number of hydrogen-bond donors (Lipinski definition) is 3. The number of piperidine rings is 1. The summed E-state index contributed by atoms with van der Waals surface area (Å²) >= 11 is 0. The van der Waals surface area contributed by atoms with Crippen LogP contribution < -0.4 is 21.3 Å². The molecule has 1 amide bonds. The van der Waals surface area contributed by atoms with Gasteiger partial charge in [0.25, 0.3) is 0 Å². The molecular weight excluding hydrogens is 425 g/mol. The number of rotatable bonds is 3. The number of halogens is 1. The number of pyridine rings is 2. The Morgan fingerprint density at radius 1 is 1.21 bits per heavy atom. The molecular formula is C23H22FN7O2. The minimum absolute atomic E-state index is 0.0353. The summed E-state index contributed by atoms with van der Waals surface area (Å²) in [6, 6.07) is 7.89. The highest BCUT2D eigenvalue weighted by Gasteiger charge is 2.35. The standard InChI is InChI=1S/C23H22FN7O2/c24-13-4-1-5-14(7-13)31-17(33)8-15-18-16(9-25)22(30-6-2-3-12(10-30)11-32)28-20(26)19(18)21(27)29-23(15)31/h1,4-5,7,12,32H,2-3,6,8,10-11H2,(H2,26,28)(H2,27,29)/t12-/m0/s1. The normalized spacial score (nSPS) is 18.0. The molecule has 168 valence electrons. The third-order valence-corrected chi connectivity index (χ3v) is 6.30. The average molecular weight is 447 g/mol. The minimum atomic E-state index is -0.487. The summed E-state index contributed by atoms with van der Waals surface area (Å²) in [5.41, 5.74) is 13.6. The second-order valence-corrected chi connectivity index (χ2v) is 8.38. The van der Waals surface area contributed by atoms with E-state index in [0.29, 0.717) is 40.9 Å². The van der Waals surface area contributed by atoms with Gasteiger partial charge in [-0.05, 0) is 37.0 Å². The van der Waals surface area contributed by atoms with E-state index in [-0.39, 0.29) is 47.9 Å². The largest absolute Gasteiger partial charge is 0.396 e. The van der Waals surface area contributed by atoms with Gasteiger partial charge in [-0.15, -0.1) is 0 Å². The third kappa shape index (κ3) is 3.29. The first-order chi connectivity index (χ1) is 15.9. The first kappa shape index (κ1) is 20.9. The van der Waals surface area contributed by atoms with Crippen molar-refractivity contribution in [1.29, 1.82) is 5.26 Å². The van der Waals surface area contributed by atoms with Crippen molar-refractivity contribution in [2.45, 2.75) is 19.3 Å². The lowest BCUT2D eigenvalue weighted by atomic mass is 9.96. The maximum Gasteiger partial charge on any atom is 0.237 e. The summed E-state index contributed by atoms with van der Waals surface area (Å²) < 4.78 is 13.9. The van der Waals surface area contributed by atoms with Gasteiger partial charge in [-0.1, -0.05) is 6.07 Å². The highest BCUT2D eigenvalue weighted by molar-refractivity contribution is 6.15. The van der Waals surface area contributed by atoms with Gasteiger partial charge in [0.1, 0.15) is 40.7 Å². The number of nitrogens with two attached hydrogens (primary N) is 2. The van der Waals surface area contributed by atoms with Crippen LogP contribution in [0.5, 0.6) is 0 Å². The van der Waals surface area contributed by atoms with E-state index in [4.69, 9.17) is 11.5 Å². The molecule has 0 radical (unpaired) electrons. The number of nitriles is 1. The van der Waals surface area contributed by atoms with E-state index < -0.39 is 5.82 Å². The molecule has 5 rings (SSSR count). The topological polar surface area (TPSA) is 145 Å². The Morgan fingerprint density at radius 2 is 1.97 bits per heavy atom. The first-order valence-electron chi connectivity index (χ1n) is 10.7. The molecule has 0 saturated carbocycles. The number of nitrogens with zero attached hydrogens (tertiary/aromatic N) is 5. The summed E-state index contributed by atoms with van der Waals surface area (Å²) in [6.07, 6.45) is 1.70. The van der Waals surface area contributed by atoms with Gasteiger partial charge >= 0.3 is 0 Å². The summed E-state index contributed by atoms with van der Waals surface area (Å²) in [7, 11) is 0. The van der Waals surface area contributed by atoms with Crippen LogP contribution in [0.25, 0.3) is 10.8 Å². The monoisotopic (exact) mass is 447 g/mol. The van der Waals surface area contributed by atoms with E-state index in [9.17, 15) is 19.6 Å². The van der Waals surface area contributed by atoms with E-state index in [0.717, 1.165) is 12.8 Å². The lowest BCUT2D eigenvalue weighted by Gasteiger charge is -2.33. The Labute approximate surface area is 189 Å². The van der Waals surface area contributed by atoms with Gasteiger partial charge in [-0.2, -0.15) is 5.26 Å². The van der Waals surface area contributed by atoms with Gasteiger partial charge in [0.2, 0.25) is 5.91 Å². The summed E-state index contributed by atoms with van der Waals surface area (Å²) in [5.74, 6) is 0.103. The Hall–Kier alpha value is -3.97. The molecule has 1 atom stereocenters. The summed E-state index contributed by atoms with van der Waals surface area (Å²) in [5, 5.41) is 20.6. The van der Waals surface area contributed by atoms with Crippen LogP contribution in [0.2, 0.25) is 0 Å². The zero-order chi connectivity index (χ0) is 23.3. The van der Waals surface area contributed by atoms with Crippen molar-refractivity contribution in [3.8, 4) is 6.07 Å². The zero-order valence-corrected chi connectivity index (χ0v) is 17.8. The minimum Gasteiger partial charge on any atom is -0.396 e. The first-order valence-corrected chi connectivity index (χ1v) is 10.7. The number of carbonyl (C=O) groups is 1. The van der Waals surface area contributed by atoms with Crippen LogP contribution in [-0.2, 0) is 11.2 Å². The maximum absolute atomic E-state index is 13.9. The zero-order valence-electron chi connectivity index (χ0n) is 17.8. The molecule has 0 aliphatic carbocycles. The van der Waals surface area contributed by atoms with Crippen LogP contribution in [0, 0.1) is 23.1 Å². The van der Waals surface area contributed by atoms with E-state index in [1.54, 1.807) is 6.07 Å². The van der Waals surface area contributed by atoms with Crippen molar-refractivity contribution < 1.29 is 14.3 Å². The number of nitrogen functional groups attached to an aromatic ring is 2. The fraction of sp³-hybridized carbons (Fsp3) is 0.304. The lowest BCUT2D eigenvalue weighted by molar-refractivity contribution is -0.116. The molecule has 3 aromatic rings. The van der Waals surface area contributed by atoms with Crippen molar-refractivity contribution in [1.82, 2.24) is 9.97 Å². The second kappa shape index (κ2) is 7.86. The highest BCUT2D eigenvalue weighted by atomic mass is 19.1. The molecule has 2 aromatic heterocycles. The summed E-state index contributed by atoms with van der Waals surface area (Å²) in [4.78, 5) is 25.2. The van der Waals surface area contributed by atoms with Gasteiger partial charge in [-0.25, -0.2) is 14.4 Å². The van der Waals surface area contributed by atoms with Gasteiger partial charge in [-0.3, -0.25) is 9.69 Å². The highest BCUT2D eigenvalue weighted by Crippen LogP contribution is 2.44. The molecule has 33 heavy (non-hydrogen) atoms. The molecule has 4 heterocycles. The van der Waals surface area contributed by atoms with Crippen molar-refractivity contribution in [2.24, 2.45) is 5.92 Å². The van der Waals surface area contributed by atoms with Crippen LogP contribution in [0.3, 0.4) is 0 Å². The SMILES string of the molecule is N#Cc1c(N2CCC[C@H](CO)C2)nc(N)c2c(N)nc3c(c12)CC(=O)N3c1cccc(F)c1. The van der Waals surface area contributed by atoms with Gasteiger partial charge in [0.15, 0.2) is 0 Å². The predicted octanol–water partition coefficient (Wildman–Crippen LogP) is 2.23. The quantitative estimate of drug-likeness (QED) is 0.554. The van der Waals surface area contributed by atoms with Gasteiger partial charge in [0.05, 0.1) is 17.5 Å². The number of aliphatic hydroxyl groups is 1. The molecule has 10 heteroatoms. The van der Waals surface area contributed by atoms with Crippen molar-refractivity contribution >= 4 is 45.6 Å². The molecule has 1 aromatic carbocycles. The number of fused-ring (bicyclic) bond motifs is 3. The molecule has 9 nitrogen and oxygen atoms in total. The van der Waals surface area contributed by atoms with E-state index in [1.165, 1.54) is 23.1 Å². The number of benzene rings is 1. The molecule has 2 aliphatic rings. The molecule has 0 bridgehead atoms. The maximum atomic E-state index is 13.9. The Morgan fingerprint density at radius 3 is 2.67 bits per heavy atom. The number of amides is 1. The smallest absolute Gasteiger partial charge is 0.237 e. The fourth-order valence-corrected chi connectivity index (χ4v) is 4.82. The number of hydrogen-bond acceptors (Lipinski definition) is 8. The summed E-state index contributed by atoms with van der Waals surface area (Å²) in [6.45, 7) is 1.26. The number of aliphatic hydroxyl groups excluding tert-OH is 1. The van der Waals surface area contributed by atoms with Gasteiger partial charge < -0.3 is 21.5 Å². The van der Waals surface area contributed by atoms with Crippen LogP contribution in [-0.4, -0.2) is 40.7 Å². The van der Waals surface area contributed by atoms with Crippen LogP contribution in [0.4, 0.5) is 33.3 Å². The van der Waals surface area contributed by atoms with Crippen molar-refractivity contribution in [3.05, 3.63) is 41.2 Å². The number of aromatic nitrogens is 2. The molecule has 2 aliphatic heterocycles. The lowest BCUT2D eigenvalue weighted by Crippen LogP contribution is -2.38. The number of anilines is 5. The van der Waals surface area contributed by atoms with Crippen molar-refractivity contribution in [3.63, 3.8) is 0 Å². The van der Waals surface area contributed by atoms with E-state index in [1.807, 2.05) is 4.90 Å². The molecule has 0 unspecified atom stereocenters. The molecule has 0 spiro atoms. The second-order valence-electron chi connectivity index (χ2n) is 8.38. The Bertz CT molecular complexity index is 1340. The van der Waals surface area contributed by atoms with Gasteiger partial charge in [0, 0.05) is 30.6 Å². The average Bonchev–Trinajstić information content (AvgIpc) is 3.14. The Kier molecular flexibility index (Phi) is 4.98. The van der Waals surface area contributed by atoms with Crippen LogP contribution in [0.1, 0.15) is 24.0 Å². The molecule has 5 N–H and O–H groups in total. The van der Waals surface area contributed by atoms with Crippen LogP contribution in [0.15, 0.2) is 24.3 Å². The van der Waals surface area contributed by atoms with E-state index in [2.05, 4.69) is 16.0 Å². The predicted molar refractivity (Wildman–Crippen MR) is 122 cm³/mol. The third-order valence-electron chi connectivity index (χ3n) is 6.30. The number of carbonyl (C=O) groups excluding carboxylic acids is 1. The Balaban J connectivity index is 1.75. The fourth-order valence-electron chi connectivity index (χ4n) is 4.82.